The molecule has 0 unspecified atom stereocenters. The van der Waals surface area contributed by atoms with Gasteiger partial charge in [-0.2, -0.15) is 13.2 Å². The lowest BCUT2D eigenvalue weighted by Crippen LogP contribution is -2.44. The van der Waals surface area contributed by atoms with Crippen molar-refractivity contribution in [3.05, 3.63) is 35.4 Å². The second-order valence-corrected chi connectivity index (χ2v) is 5.82. The van der Waals surface area contributed by atoms with Gasteiger partial charge in [0.1, 0.15) is 0 Å². The van der Waals surface area contributed by atoms with Gasteiger partial charge in [-0.05, 0) is 24.1 Å². The van der Waals surface area contributed by atoms with Gasteiger partial charge in [0.05, 0.1) is 18.8 Å². The highest BCUT2D eigenvalue weighted by Gasteiger charge is 2.29. The lowest BCUT2D eigenvalue weighted by molar-refractivity contribution is -0.137. The number of nitrogens with one attached hydrogen (secondary N) is 2. The summed E-state index contributed by atoms with van der Waals surface area (Å²) < 4.78 is 42.9. The van der Waals surface area contributed by atoms with E-state index in [9.17, 15) is 13.2 Å². The van der Waals surface area contributed by atoms with Crippen molar-refractivity contribution in [2.75, 3.05) is 53.0 Å². The van der Waals surface area contributed by atoms with Crippen molar-refractivity contribution in [3.8, 4) is 0 Å². The highest BCUT2D eigenvalue weighted by molar-refractivity contribution is 5.79. The number of alkyl halides is 3. The largest absolute Gasteiger partial charge is 0.416 e. The minimum Gasteiger partial charge on any atom is -0.379 e. The average molecular weight is 358 g/mol. The number of hydrogen-bond donors (Lipinski definition) is 2. The Morgan fingerprint density at radius 1 is 1.12 bits per heavy atom. The molecule has 0 atom stereocenters. The smallest absolute Gasteiger partial charge is 0.379 e. The Labute approximate surface area is 146 Å². The van der Waals surface area contributed by atoms with Crippen LogP contribution in [-0.2, 0) is 17.3 Å². The predicted octanol–water partition coefficient (Wildman–Crippen LogP) is 1.75. The third-order valence-electron chi connectivity index (χ3n) is 4.04. The van der Waals surface area contributed by atoms with E-state index in [-0.39, 0.29) is 0 Å². The number of guanidine groups is 1. The Hall–Kier alpha value is -1.80. The minimum atomic E-state index is -4.29. The van der Waals surface area contributed by atoms with Crippen LogP contribution in [0.4, 0.5) is 13.2 Å². The van der Waals surface area contributed by atoms with Gasteiger partial charge in [-0.15, -0.1) is 0 Å². The summed E-state index contributed by atoms with van der Waals surface area (Å²) in [5, 5.41) is 6.41. The zero-order chi connectivity index (χ0) is 18.1. The molecule has 5 nitrogen and oxygen atoms in total. The maximum Gasteiger partial charge on any atom is 0.416 e. The van der Waals surface area contributed by atoms with E-state index < -0.39 is 11.7 Å². The molecule has 0 amide bonds. The highest BCUT2D eigenvalue weighted by Crippen LogP contribution is 2.29. The molecule has 0 bridgehead atoms. The number of aliphatic imine (C=N–C) groups is 1. The fraction of sp³-hybridized carbons (Fsp3) is 0.588. The molecule has 140 valence electrons. The van der Waals surface area contributed by atoms with Crippen LogP contribution < -0.4 is 10.6 Å². The molecule has 0 radical (unpaired) electrons. The van der Waals surface area contributed by atoms with Gasteiger partial charge < -0.3 is 15.4 Å². The molecule has 1 fully saturated rings. The Bertz CT molecular complexity index is 540. The van der Waals surface area contributed by atoms with Gasteiger partial charge in [0.25, 0.3) is 0 Å². The van der Waals surface area contributed by atoms with Crippen LogP contribution in [0.1, 0.15) is 11.1 Å². The van der Waals surface area contributed by atoms with Crippen molar-refractivity contribution in [2.45, 2.75) is 12.6 Å². The number of halogens is 3. The average Bonchev–Trinajstić information content (AvgIpc) is 2.61. The SMILES string of the molecule is CN=C(NCCc1ccc(C(F)(F)F)cc1)NCCN1CCOCC1. The van der Waals surface area contributed by atoms with Crippen LogP contribution >= 0.6 is 0 Å². The van der Waals surface area contributed by atoms with E-state index in [4.69, 9.17) is 4.74 Å². The molecular formula is C17H25F3N4O. The first-order chi connectivity index (χ1) is 12.0. The van der Waals surface area contributed by atoms with E-state index in [2.05, 4.69) is 20.5 Å². The fourth-order valence-corrected chi connectivity index (χ4v) is 2.56. The Kier molecular flexibility index (Phi) is 7.52. The van der Waals surface area contributed by atoms with Crippen molar-refractivity contribution in [2.24, 2.45) is 4.99 Å². The summed E-state index contributed by atoms with van der Waals surface area (Å²) in [6.07, 6.45) is -3.66. The molecule has 2 N–H and O–H groups in total. The van der Waals surface area contributed by atoms with E-state index in [1.165, 1.54) is 12.1 Å². The molecule has 1 aromatic carbocycles. The van der Waals surface area contributed by atoms with Crippen LogP contribution in [0.15, 0.2) is 29.3 Å². The monoisotopic (exact) mass is 358 g/mol. The Balaban J connectivity index is 1.66. The summed E-state index contributed by atoms with van der Waals surface area (Å²) in [5.74, 6) is 0.695. The zero-order valence-electron chi connectivity index (χ0n) is 14.4. The summed E-state index contributed by atoms with van der Waals surface area (Å²) in [5.41, 5.74) is 0.231. The van der Waals surface area contributed by atoms with Gasteiger partial charge in [0.2, 0.25) is 0 Å². The van der Waals surface area contributed by atoms with Gasteiger partial charge in [0, 0.05) is 39.8 Å². The molecule has 0 aromatic heterocycles. The standard InChI is InChI=1S/C17H25F3N4O/c1-21-16(23-8-9-24-10-12-25-13-11-24)22-7-6-14-2-4-15(5-3-14)17(18,19)20/h2-5H,6-13H2,1H3,(H2,21,22,23). The first-order valence-electron chi connectivity index (χ1n) is 8.40. The van der Waals surface area contributed by atoms with Crippen molar-refractivity contribution in [3.63, 3.8) is 0 Å². The third-order valence-corrected chi connectivity index (χ3v) is 4.04. The van der Waals surface area contributed by atoms with Gasteiger partial charge >= 0.3 is 6.18 Å². The van der Waals surface area contributed by atoms with Crippen molar-refractivity contribution < 1.29 is 17.9 Å². The maximum absolute atomic E-state index is 12.5. The second-order valence-electron chi connectivity index (χ2n) is 5.82. The fourth-order valence-electron chi connectivity index (χ4n) is 2.56. The Morgan fingerprint density at radius 3 is 2.36 bits per heavy atom. The summed E-state index contributed by atoms with van der Waals surface area (Å²) >= 11 is 0. The van der Waals surface area contributed by atoms with Crippen LogP contribution in [0.2, 0.25) is 0 Å². The number of benzene rings is 1. The van der Waals surface area contributed by atoms with Crippen LogP contribution in [0, 0.1) is 0 Å². The maximum atomic E-state index is 12.5. The molecule has 25 heavy (non-hydrogen) atoms. The first-order valence-corrected chi connectivity index (χ1v) is 8.40. The van der Waals surface area contributed by atoms with Gasteiger partial charge in [-0.3, -0.25) is 9.89 Å². The molecule has 0 saturated carbocycles. The molecule has 1 aliphatic heterocycles. The van der Waals surface area contributed by atoms with E-state index in [1.807, 2.05) is 0 Å². The molecule has 0 spiro atoms. The minimum absolute atomic E-state index is 0.600. The number of morpholine rings is 1. The van der Waals surface area contributed by atoms with Crippen molar-refractivity contribution in [1.29, 1.82) is 0 Å². The van der Waals surface area contributed by atoms with Crippen LogP contribution in [0.25, 0.3) is 0 Å². The topological polar surface area (TPSA) is 48.9 Å². The van der Waals surface area contributed by atoms with Crippen LogP contribution in [-0.4, -0.2) is 63.8 Å². The predicted molar refractivity (Wildman–Crippen MR) is 91.8 cm³/mol. The van der Waals surface area contributed by atoms with E-state index >= 15 is 0 Å². The summed E-state index contributed by atoms with van der Waals surface area (Å²) in [6, 6.07) is 5.26. The molecule has 2 rings (SSSR count). The molecule has 1 heterocycles. The number of hydrogen-bond acceptors (Lipinski definition) is 3. The molecular weight excluding hydrogens is 333 g/mol. The normalized spacial score (nSPS) is 16.7. The van der Waals surface area contributed by atoms with E-state index in [0.29, 0.717) is 18.9 Å². The van der Waals surface area contributed by atoms with E-state index in [1.54, 1.807) is 7.05 Å². The van der Waals surface area contributed by atoms with Gasteiger partial charge in [-0.1, -0.05) is 12.1 Å². The molecule has 1 aliphatic rings. The lowest BCUT2D eigenvalue weighted by atomic mass is 10.1. The van der Waals surface area contributed by atoms with Gasteiger partial charge in [-0.25, -0.2) is 0 Å². The van der Waals surface area contributed by atoms with Crippen LogP contribution in [0.5, 0.6) is 0 Å². The zero-order valence-corrected chi connectivity index (χ0v) is 14.4. The summed E-state index contributed by atoms with van der Waals surface area (Å²) in [4.78, 5) is 6.48. The van der Waals surface area contributed by atoms with Crippen molar-refractivity contribution >= 4 is 5.96 Å². The van der Waals surface area contributed by atoms with Crippen LogP contribution in [0.3, 0.4) is 0 Å². The number of nitrogens with zero attached hydrogens (tertiary/aromatic N) is 2. The molecule has 1 aromatic rings. The second kappa shape index (κ2) is 9.62. The lowest BCUT2D eigenvalue weighted by Gasteiger charge is -2.26. The summed E-state index contributed by atoms with van der Waals surface area (Å²) in [7, 11) is 1.70. The van der Waals surface area contributed by atoms with E-state index in [0.717, 1.165) is 57.1 Å². The Morgan fingerprint density at radius 2 is 1.76 bits per heavy atom. The number of ether oxygens (including phenoxy) is 1. The quantitative estimate of drug-likeness (QED) is 0.601. The summed E-state index contributed by atoms with van der Waals surface area (Å²) in [6.45, 7) is 5.75. The third kappa shape index (κ3) is 6.91. The molecule has 0 aliphatic carbocycles. The number of rotatable bonds is 6. The first kappa shape index (κ1) is 19.5. The highest BCUT2D eigenvalue weighted by atomic mass is 19.4. The van der Waals surface area contributed by atoms with Crippen molar-refractivity contribution in [1.82, 2.24) is 15.5 Å². The molecule has 1 saturated heterocycles. The molecule has 8 heteroatoms. The van der Waals surface area contributed by atoms with Gasteiger partial charge in [0.15, 0.2) is 5.96 Å².